The number of hydrogen-bond acceptors (Lipinski definition) is 2. The molecule has 1 aromatic rings. The lowest BCUT2D eigenvalue weighted by molar-refractivity contribution is 0.198. The lowest BCUT2D eigenvalue weighted by Gasteiger charge is -2.33. The molecule has 0 atom stereocenters. The fraction of sp³-hybridized carbons (Fsp3) is 0.667. The van der Waals surface area contributed by atoms with Crippen molar-refractivity contribution in [2.45, 2.75) is 52.5 Å². The maximum atomic E-state index is 3.72. The Bertz CT molecular complexity index is 404. The van der Waals surface area contributed by atoms with E-state index in [1.54, 1.807) is 0 Å². The van der Waals surface area contributed by atoms with Crippen LogP contribution in [0.25, 0.3) is 0 Å². The van der Waals surface area contributed by atoms with Gasteiger partial charge in [-0.3, -0.25) is 0 Å². The molecular formula is C18H30N2. The number of hydrogen-bond donors (Lipinski definition) is 1. The monoisotopic (exact) mass is 274 g/mol. The largest absolute Gasteiger partial charge is 0.382 e. The molecule has 0 spiro atoms. The maximum Gasteiger partial charge on any atom is 0.0345 e. The van der Waals surface area contributed by atoms with Crippen LogP contribution in [0.2, 0.25) is 0 Å². The van der Waals surface area contributed by atoms with Crippen LogP contribution in [0.1, 0.15) is 52.0 Å². The Morgan fingerprint density at radius 3 is 2.45 bits per heavy atom. The topological polar surface area (TPSA) is 15.3 Å². The molecule has 0 aliphatic carbocycles. The van der Waals surface area contributed by atoms with Crippen molar-refractivity contribution in [2.75, 3.05) is 25.0 Å². The molecule has 2 rings (SSSR count). The van der Waals surface area contributed by atoms with Gasteiger partial charge in [-0.05, 0) is 42.4 Å². The Morgan fingerprint density at radius 1 is 1.15 bits per heavy atom. The van der Waals surface area contributed by atoms with E-state index in [0.29, 0.717) is 12.0 Å². The highest BCUT2D eigenvalue weighted by Crippen LogP contribution is 2.21. The first kappa shape index (κ1) is 15.4. The maximum absolute atomic E-state index is 3.72. The molecule has 1 aliphatic heterocycles. The summed E-state index contributed by atoms with van der Waals surface area (Å²) in [5.74, 6) is 1.38. The van der Waals surface area contributed by atoms with E-state index in [1.165, 1.54) is 43.7 Å². The fourth-order valence-corrected chi connectivity index (χ4v) is 3.00. The van der Waals surface area contributed by atoms with Gasteiger partial charge in [-0.1, -0.05) is 39.8 Å². The zero-order chi connectivity index (χ0) is 14.5. The van der Waals surface area contributed by atoms with E-state index < -0.39 is 0 Å². The van der Waals surface area contributed by atoms with E-state index in [9.17, 15) is 0 Å². The molecule has 1 fully saturated rings. The molecule has 20 heavy (non-hydrogen) atoms. The highest BCUT2D eigenvalue weighted by Gasteiger charge is 2.19. The molecule has 0 saturated carbocycles. The molecule has 1 heterocycles. The number of anilines is 1. The van der Waals surface area contributed by atoms with E-state index in [-0.39, 0.29) is 0 Å². The Kier molecular flexibility index (Phi) is 5.47. The van der Waals surface area contributed by atoms with E-state index in [0.717, 1.165) is 5.92 Å². The van der Waals surface area contributed by atoms with Crippen molar-refractivity contribution >= 4 is 5.69 Å². The number of piperidine rings is 1. The van der Waals surface area contributed by atoms with Gasteiger partial charge in [0, 0.05) is 31.4 Å². The second-order valence-electron chi connectivity index (χ2n) is 6.89. The summed E-state index contributed by atoms with van der Waals surface area (Å²) < 4.78 is 0. The van der Waals surface area contributed by atoms with Gasteiger partial charge in [-0.2, -0.15) is 0 Å². The summed E-state index contributed by atoms with van der Waals surface area (Å²) >= 11 is 0. The normalized spacial score (nSPS) is 17.9. The van der Waals surface area contributed by atoms with Crippen LogP contribution in [-0.2, 0) is 0 Å². The molecule has 0 radical (unpaired) electrons. The average Bonchev–Trinajstić information content (AvgIpc) is 2.41. The zero-order valence-corrected chi connectivity index (χ0v) is 13.5. The smallest absolute Gasteiger partial charge is 0.0345 e. The molecule has 1 saturated heterocycles. The van der Waals surface area contributed by atoms with Crippen LogP contribution in [0.3, 0.4) is 0 Å². The van der Waals surface area contributed by atoms with Gasteiger partial charge in [-0.25, -0.2) is 0 Å². The van der Waals surface area contributed by atoms with Gasteiger partial charge in [0.25, 0.3) is 0 Å². The first-order valence-corrected chi connectivity index (χ1v) is 8.13. The first-order valence-electron chi connectivity index (χ1n) is 8.13. The fourth-order valence-electron chi connectivity index (χ4n) is 3.00. The first-order chi connectivity index (χ1) is 9.54. The third kappa shape index (κ3) is 4.52. The van der Waals surface area contributed by atoms with E-state index in [4.69, 9.17) is 0 Å². The Morgan fingerprint density at radius 2 is 1.85 bits per heavy atom. The molecule has 0 aromatic heterocycles. The van der Waals surface area contributed by atoms with Crippen LogP contribution in [0.5, 0.6) is 0 Å². The zero-order valence-electron chi connectivity index (χ0n) is 13.5. The average molecular weight is 274 g/mol. The summed E-state index contributed by atoms with van der Waals surface area (Å²) in [7, 11) is 0. The third-order valence-corrected chi connectivity index (χ3v) is 4.14. The minimum absolute atomic E-state index is 0.602. The minimum Gasteiger partial charge on any atom is -0.382 e. The van der Waals surface area contributed by atoms with Gasteiger partial charge < -0.3 is 10.2 Å². The molecule has 0 bridgehead atoms. The summed E-state index contributed by atoms with van der Waals surface area (Å²) in [5.41, 5.74) is 2.71. The summed E-state index contributed by atoms with van der Waals surface area (Å²) in [6.45, 7) is 12.8. The molecule has 1 N–H and O–H groups in total. The summed E-state index contributed by atoms with van der Waals surface area (Å²) in [5, 5.41) is 3.72. The van der Waals surface area contributed by atoms with Gasteiger partial charge in [0.15, 0.2) is 0 Å². The molecule has 112 valence electrons. The molecule has 2 nitrogen and oxygen atoms in total. The second kappa shape index (κ2) is 7.12. The predicted molar refractivity (Wildman–Crippen MR) is 88.5 cm³/mol. The van der Waals surface area contributed by atoms with Gasteiger partial charge in [0.1, 0.15) is 0 Å². The number of benzene rings is 1. The van der Waals surface area contributed by atoms with Crippen molar-refractivity contribution in [3.8, 4) is 0 Å². The van der Waals surface area contributed by atoms with Gasteiger partial charge in [-0.15, -0.1) is 0 Å². The minimum atomic E-state index is 0.602. The van der Waals surface area contributed by atoms with Crippen molar-refractivity contribution in [3.63, 3.8) is 0 Å². The van der Waals surface area contributed by atoms with Crippen LogP contribution < -0.4 is 5.32 Å². The van der Waals surface area contributed by atoms with E-state index in [2.05, 4.69) is 62.2 Å². The van der Waals surface area contributed by atoms with E-state index >= 15 is 0 Å². The van der Waals surface area contributed by atoms with E-state index in [1.807, 2.05) is 0 Å². The quantitative estimate of drug-likeness (QED) is 0.859. The number of rotatable bonds is 5. The Labute approximate surface area is 124 Å². The van der Waals surface area contributed by atoms with Crippen LogP contribution >= 0.6 is 0 Å². The van der Waals surface area contributed by atoms with Crippen LogP contribution in [0.15, 0.2) is 24.3 Å². The molecule has 0 amide bonds. The Hall–Kier alpha value is -1.02. The second-order valence-corrected chi connectivity index (χ2v) is 6.89. The van der Waals surface area contributed by atoms with Gasteiger partial charge in [0.05, 0.1) is 0 Å². The van der Waals surface area contributed by atoms with Crippen LogP contribution in [-0.4, -0.2) is 30.6 Å². The Balaban J connectivity index is 1.85. The number of nitrogens with one attached hydrogen (secondary N) is 1. The van der Waals surface area contributed by atoms with Gasteiger partial charge >= 0.3 is 0 Å². The SMILES string of the molecule is CC(C)CN1CCC(Nc2cccc(C(C)C)c2)CC1. The molecule has 0 unspecified atom stereocenters. The highest BCUT2D eigenvalue weighted by molar-refractivity contribution is 5.47. The van der Waals surface area contributed by atoms with Crippen LogP contribution in [0.4, 0.5) is 5.69 Å². The van der Waals surface area contributed by atoms with Crippen molar-refractivity contribution in [1.29, 1.82) is 0 Å². The molecule has 2 heteroatoms. The lowest BCUT2D eigenvalue weighted by Crippen LogP contribution is -2.40. The molecular weight excluding hydrogens is 244 g/mol. The summed E-state index contributed by atoms with van der Waals surface area (Å²) in [4.78, 5) is 2.60. The standard InChI is InChI=1S/C18H30N2/c1-14(2)13-20-10-8-17(9-11-20)19-18-7-5-6-16(12-18)15(3)4/h5-7,12,14-15,17,19H,8-11,13H2,1-4H3. The molecule has 1 aliphatic rings. The van der Waals surface area contributed by atoms with Crippen molar-refractivity contribution in [3.05, 3.63) is 29.8 Å². The third-order valence-electron chi connectivity index (χ3n) is 4.14. The van der Waals surface area contributed by atoms with Crippen molar-refractivity contribution in [1.82, 2.24) is 4.90 Å². The lowest BCUT2D eigenvalue weighted by atomic mass is 10.0. The summed E-state index contributed by atoms with van der Waals surface area (Å²) in [6.07, 6.45) is 2.53. The van der Waals surface area contributed by atoms with Crippen molar-refractivity contribution in [2.24, 2.45) is 5.92 Å². The molecule has 1 aromatic carbocycles. The van der Waals surface area contributed by atoms with Crippen molar-refractivity contribution < 1.29 is 0 Å². The number of nitrogens with zero attached hydrogens (tertiary/aromatic N) is 1. The summed E-state index contributed by atoms with van der Waals surface area (Å²) in [6, 6.07) is 9.55. The number of likely N-dealkylation sites (tertiary alicyclic amines) is 1. The van der Waals surface area contributed by atoms with Crippen LogP contribution in [0, 0.1) is 5.92 Å². The predicted octanol–water partition coefficient (Wildman–Crippen LogP) is 4.34. The van der Waals surface area contributed by atoms with Gasteiger partial charge in [0.2, 0.25) is 0 Å². The highest BCUT2D eigenvalue weighted by atomic mass is 15.1.